The zero-order valence-corrected chi connectivity index (χ0v) is 11.5. The van der Waals surface area contributed by atoms with Gasteiger partial charge in [-0.15, -0.1) is 11.3 Å². The van der Waals surface area contributed by atoms with E-state index >= 15 is 0 Å². The van der Waals surface area contributed by atoms with Gasteiger partial charge in [-0.1, -0.05) is 13.0 Å². The quantitative estimate of drug-likeness (QED) is 0.806. The summed E-state index contributed by atoms with van der Waals surface area (Å²) >= 11 is 1.87. The lowest BCUT2D eigenvalue weighted by atomic mass is 9.96. The molecule has 1 aliphatic heterocycles. The van der Waals surface area contributed by atoms with Crippen molar-refractivity contribution in [3.05, 3.63) is 22.4 Å². The Labute approximate surface area is 108 Å². The molecule has 2 nitrogen and oxygen atoms in total. The molecule has 0 radical (unpaired) electrons. The van der Waals surface area contributed by atoms with Gasteiger partial charge in [-0.3, -0.25) is 0 Å². The van der Waals surface area contributed by atoms with E-state index in [-0.39, 0.29) is 0 Å². The Balaban J connectivity index is 1.83. The number of thiophene rings is 1. The van der Waals surface area contributed by atoms with Gasteiger partial charge in [0.2, 0.25) is 0 Å². The van der Waals surface area contributed by atoms with Crippen molar-refractivity contribution in [1.29, 1.82) is 0 Å². The maximum atomic E-state index is 5.47. The summed E-state index contributed by atoms with van der Waals surface area (Å²) in [5.41, 5.74) is 0. The van der Waals surface area contributed by atoms with Crippen LogP contribution in [0, 0.1) is 5.92 Å². The average molecular weight is 253 g/mol. The highest BCUT2D eigenvalue weighted by atomic mass is 32.1. The Morgan fingerprint density at radius 3 is 3.18 bits per heavy atom. The van der Waals surface area contributed by atoms with Crippen LogP contribution in [0.5, 0.6) is 0 Å². The van der Waals surface area contributed by atoms with Crippen LogP contribution in [0.15, 0.2) is 17.5 Å². The molecule has 0 spiro atoms. The fourth-order valence-corrected chi connectivity index (χ4v) is 3.22. The van der Waals surface area contributed by atoms with Crippen molar-refractivity contribution < 1.29 is 4.74 Å². The Morgan fingerprint density at radius 1 is 1.59 bits per heavy atom. The molecule has 0 bridgehead atoms. The van der Waals surface area contributed by atoms with Gasteiger partial charge in [0.05, 0.1) is 0 Å². The molecule has 1 N–H and O–H groups in total. The van der Waals surface area contributed by atoms with Crippen molar-refractivity contribution in [2.75, 3.05) is 19.8 Å². The van der Waals surface area contributed by atoms with Crippen LogP contribution in [-0.4, -0.2) is 25.8 Å². The van der Waals surface area contributed by atoms with Crippen molar-refractivity contribution in [2.24, 2.45) is 5.92 Å². The number of nitrogens with one attached hydrogen (secondary N) is 1. The molecule has 1 fully saturated rings. The minimum atomic E-state index is 0.625. The highest BCUT2D eigenvalue weighted by Gasteiger charge is 2.20. The van der Waals surface area contributed by atoms with Crippen molar-refractivity contribution in [2.45, 2.75) is 38.6 Å². The summed E-state index contributed by atoms with van der Waals surface area (Å²) in [5.74, 6) is 0.768. The second kappa shape index (κ2) is 7.14. The van der Waals surface area contributed by atoms with Crippen molar-refractivity contribution in [3.8, 4) is 0 Å². The first kappa shape index (κ1) is 13.1. The number of rotatable bonds is 7. The van der Waals surface area contributed by atoms with Gasteiger partial charge in [-0.05, 0) is 49.6 Å². The topological polar surface area (TPSA) is 21.3 Å². The Hall–Kier alpha value is -0.380. The zero-order valence-electron chi connectivity index (χ0n) is 10.7. The maximum absolute atomic E-state index is 5.47. The summed E-state index contributed by atoms with van der Waals surface area (Å²) in [7, 11) is 0. The highest BCUT2D eigenvalue weighted by Crippen LogP contribution is 2.21. The standard InChI is InChI=1S/C14H23NOS/c1-2-6-15-13(9-12-5-7-16-11-12)10-14-4-3-8-17-14/h3-4,8,12-13,15H,2,5-7,9-11H2,1H3. The minimum absolute atomic E-state index is 0.625. The fourth-order valence-electron chi connectivity index (χ4n) is 2.43. The Morgan fingerprint density at radius 2 is 2.53 bits per heavy atom. The molecule has 2 rings (SSSR count). The van der Waals surface area contributed by atoms with Crippen molar-refractivity contribution in [1.82, 2.24) is 5.32 Å². The number of hydrogen-bond donors (Lipinski definition) is 1. The lowest BCUT2D eigenvalue weighted by Crippen LogP contribution is -2.33. The molecule has 1 aliphatic rings. The van der Waals surface area contributed by atoms with E-state index in [1.165, 1.54) is 30.6 Å². The van der Waals surface area contributed by atoms with Gasteiger partial charge in [0.25, 0.3) is 0 Å². The van der Waals surface area contributed by atoms with Gasteiger partial charge < -0.3 is 10.1 Å². The van der Waals surface area contributed by atoms with Crippen LogP contribution < -0.4 is 5.32 Å². The van der Waals surface area contributed by atoms with Crippen LogP contribution in [0.3, 0.4) is 0 Å². The number of hydrogen-bond acceptors (Lipinski definition) is 3. The normalized spacial score (nSPS) is 21.8. The molecular formula is C14H23NOS. The predicted octanol–water partition coefficient (Wildman–Crippen LogP) is 3.09. The second-order valence-electron chi connectivity index (χ2n) is 4.90. The molecule has 1 aromatic heterocycles. The minimum Gasteiger partial charge on any atom is -0.381 e. The summed E-state index contributed by atoms with van der Waals surface area (Å²) < 4.78 is 5.47. The van der Waals surface area contributed by atoms with E-state index < -0.39 is 0 Å². The van der Waals surface area contributed by atoms with E-state index in [9.17, 15) is 0 Å². The molecular weight excluding hydrogens is 230 g/mol. The lowest BCUT2D eigenvalue weighted by molar-refractivity contribution is 0.181. The van der Waals surface area contributed by atoms with Gasteiger partial charge in [0.15, 0.2) is 0 Å². The molecule has 2 heterocycles. The van der Waals surface area contributed by atoms with Crippen LogP contribution in [0.1, 0.15) is 31.1 Å². The Bertz CT molecular complexity index is 293. The van der Waals surface area contributed by atoms with Gasteiger partial charge in [0.1, 0.15) is 0 Å². The lowest BCUT2D eigenvalue weighted by Gasteiger charge is -2.20. The summed E-state index contributed by atoms with van der Waals surface area (Å²) in [5, 5.41) is 5.86. The third kappa shape index (κ3) is 4.41. The molecule has 0 amide bonds. The summed E-state index contributed by atoms with van der Waals surface area (Å²) in [6.07, 6.45) is 4.89. The molecule has 0 aliphatic carbocycles. The van der Waals surface area contributed by atoms with E-state index in [1.807, 2.05) is 11.3 Å². The third-order valence-corrected chi connectivity index (χ3v) is 4.25. The van der Waals surface area contributed by atoms with Crippen LogP contribution in [0.25, 0.3) is 0 Å². The van der Waals surface area contributed by atoms with Gasteiger partial charge in [-0.25, -0.2) is 0 Å². The molecule has 2 unspecified atom stereocenters. The monoisotopic (exact) mass is 253 g/mol. The summed E-state index contributed by atoms with van der Waals surface area (Å²) in [4.78, 5) is 1.50. The van der Waals surface area contributed by atoms with Crippen LogP contribution in [0.2, 0.25) is 0 Å². The van der Waals surface area contributed by atoms with E-state index in [0.29, 0.717) is 6.04 Å². The first-order valence-corrected chi connectivity index (χ1v) is 7.60. The van der Waals surface area contributed by atoms with E-state index in [2.05, 4.69) is 29.8 Å². The maximum Gasteiger partial charge on any atom is 0.0495 e. The largest absolute Gasteiger partial charge is 0.381 e. The third-order valence-electron chi connectivity index (χ3n) is 3.35. The van der Waals surface area contributed by atoms with Gasteiger partial charge in [0, 0.05) is 24.1 Å². The first-order valence-electron chi connectivity index (χ1n) is 6.72. The van der Waals surface area contributed by atoms with Crippen molar-refractivity contribution >= 4 is 11.3 Å². The molecule has 17 heavy (non-hydrogen) atoms. The van der Waals surface area contributed by atoms with E-state index in [0.717, 1.165) is 25.7 Å². The summed E-state index contributed by atoms with van der Waals surface area (Å²) in [6, 6.07) is 5.02. The highest BCUT2D eigenvalue weighted by molar-refractivity contribution is 7.09. The van der Waals surface area contributed by atoms with Crippen LogP contribution in [0.4, 0.5) is 0 Å². The smallest absolute Gasteiger partial charge is 0.0495 e. The molecule has 96 valence electrons. The van der Waals surface area contributed by atoms with Crippen molar-refractivity contribution in [3.63, 3.8) is 0 Å². The van der Waals surface area contributed by atoms with Crippen LogP contribution in [-0.2, 0) is 11.2 Å². The molecule has 1 saturated heterocycles. The fraction of sp³-hybridized carbons (Fsp3) is 0.714. The average Bonchev–Trinajstić information content (AvgIpc) is 2.99. The molecule has 0 saturated carbocycles. The second-order valence-corrected chi connectivity index (χ2v) is 5.93. The predicted molar refractivity (Wildman–Crippen MR) is 73.6 cm³/mol. The SMILES string of the molecule is CCCNC(Cc1cccs1)CC1CCOC1. The first-order chi connectivity index (χ1) is 8.38. The molecule has 1 aromatic rings. The summed E-state index contributed by atoms with van der Waals surface area (Å²) in [6.45, 7) is 5.29. The molecule has 2 atom stereocenters. The Kier molecular flexibility index (Phi) is 5.49. The van der Waals surface area contributed by atoms with E-state index in [1.54, 1.807) is 0 Å². The van der Waals surface area contributed by atoms with Gasteiger partial charge >= 0.3 is 0 Å². The zero-order chi connectivity index (χ0) is 11.9. The van der Waals surface area contributed by atoms with E-state index in [4.69, 9.17) is 4.74 Å². The molecule has 0 aromatic carbocycles. The van der Waals surface area contributed by atoms with Gasteiger partial charge in [-0.2, -0.15) is 0 Å². The number of ether oxygens (including phenoxy) is 1. The molecule has 3 heteroatoms. The van der Waals surface area contributed by atoms with Crippen LogP contribution >= 0.6 is 11.3 Å².